The Morgan fingerprint density at radius 3 is 1.74 bits per heavy atom. The SMILES string of the molecule is C=C/C=C(\C=C(/C)C(=C)/C=C\C=C/C)c1ccc2c(c1)c1ccccc1n2-c1ccc(-c2ccc(C)cc2)cc1.Cc1ccc(-c2ccc(N)cc2)cc1. The van der Waals surface area contributed by atoms with Gasteiger partial charge < -0.3 is 10.3 Å². The number of benzene rings is 6. The first kappa shape index (κ1) is 37.1. The van der Waals surface area contributed by atoms with Crippen molar-refractivity contribution >= 4 is 33.1 Å². The summed E-state index contributed by atoms with van der Waals surface area (Å²) >= 11 is 0. The van der Waals surface area contributed by atoms with E-state index in [1.165, 1.54) is 55.2 Å². The molecule has 1 heterocycles. The number of para-hydroxylation sites is 1. The van der Waals surface area contributed by atoms with Crippen molar-refractivity contribution in [1.29, 1.82) is 0 Å². The normalized spacial score (nSPS) is 12.0. The quantitative estimate of drug-likeness (QED) is 0.118. The first-order valence-electron chi connectivity index (χ1n) is 18.4. The number of nitrogen functional groups attached to an aromatic ring is 1. The van der Waals surface area contributed by atoms with Crippen molar-refractivity contribution in [2.24, 2.45) is 0 Å². The van der Waals surface area contributed by atoms with Gasteiger partial charge in [-0.25, -0.2) is 0 Å². The second-order valence-electron chi connectivity index (χ2n) is 13.6. The summed E-state index contributed by atoms with van der Waals surface area (Å²) in [6.45, 7) is 16.5. The van der Waals surface area contributed by atoms with Crippen LogP contribution in [0.3, 0.4) is 0 Å². The van der Waals surface area contributed by atoms with Crippen LogP contribution in [0.5, 0.6) is 0 Å². The smallest absolute Gasteiger partial charge is 0.0541 e. The van der Waals surface area contributed by atoms with Crippen molar-refractivity contribution < 1.29 is 0 Å². The molecule has 1 aromatic heterocycles. The number of hydrogen-bond acceptors (Lipinski definition) is 1. The first-order valence-corrected chi connectivity index (χ1v) is 18.4. The van der Waals surface area contributed by atoms with Crippen LogP contribution in [0.15, 0.2) is 206 Å². The fraction of sp³-hybridized carbons (Fsp3) is 0.0769. The van der Waals surface area contributed by atoms with Crippen LogP contribution >= 0.6 is 0 Å². The molecule has 7 rings (SSSR count). The van der Waals surface area contributed by atoms with Gasteiger partial charge in [0.15, 0.2) is 0 Å². The molecule has 0 radical (unpaired) electrons. The zero-order valence-corrected chi connectivity index (χ0v) is 31.8. The number of nitrogens with zero attached hydrogens (tertiary/aromatic N) is 1. The van der Waals surface area contributed by atoms with Gasteiger partial charge in [-0.3, -0.25) is 0 Å². The zero-order valence-electron chi connectivity index (χ0n) is 31.8. The fourth-order valence-electron chi connectivity index (χ4n) is 6.50. The van der Waals surface area contributed by atoms with Crippen LogP contribution < -0.4 is 5.73 Å². The maximum Gasteiger partial charge on any atom is 0.0541 e. The monoisotopic (exact) mass is 700 g/mol. The molecule has 0 saturated carbocycles. The average Bonchev–Trinajstić information content (AvgIpc) is 3.53. The lowest BCUT2D eigenvalue weighted by atomic mass is 9.98. The van der Waals surface area contributed by atoms with E-state index in [1.807, 2.05) is 61.6 Å². The molecule has 0 aliphatic rings. The van der Waals surface area contributed by atoms with E-state index < -0.39 is 0 Å². The second-order valence-corrected chi connectivity index (χ2v) is 13.6. The molecule has 266 valence electrons. The molecule has 7 aromatic rings. The van der Waals surface area contributed by atoms with Crippen molar-refractivity contribution in [3.63, 3.8) is 0 Å². The number of anilines is 1. The molecule has 0 fully saturated rings. The number of nitrogens with two attached hydrogens (primary N) is 1. The summed E-state index contributed by atoms with van der Waals surface area (Å²) in [4.78, 5) is 0. The van der Waals surface area contributed by atoms with E-state index in [1.54, 1.807) is 0 Å². The van der Waals surface area contributed by atoms with Crippen molar-refractivity contribution in [2.75, 3.05) is 5.73 Å². The van der Waals surface area contributed by atoms with Crippen LogP contribution in [0.4, 0.5) is 5.69 Å². The molecular formula is C52H48N2. The van der Waals surface area contributed by atoms with Gasteiger partial charge in [-0.15, -0.1) is 0 Å². The minimum Gasteiger partial charge on any atom is -0.399 e. The minimum absolute atomic E-state index is 0.806. The molecule has 0 bridgehead atoms. The molecule has 0 aliphatic carbocycles. The molecule has 2 N–H and O–H groups in total. The number of hydrogen-bond donors (Lipinski definition) is 1. The molecule has 0 aliphatic heterocycles. The number of aromatic nitrogens is 1. The Bertz CT molecular complexity index is 2470. The van der Waals surface area contributed by atoms with Crippen molar-refractivity contribution in [3.8, 4) is 27.9 Å². The van der Waals surface area contributed by atoms with E-state index in [9.17, 15) is 0 Å². The highest BCUT2D eigenvalue weighted by atomic mass is 15.0. The van der Waals surface area contributed by atoms with Gasteiger partial charge in [0, 0.05) is 22.1 Å². The largest absolute Gasteiger partial charge is 0.399 e. The third kappa shape index (κ3) is 8.69. The highest BCUT2D eigenvalue weighted by Gasteiger charge is 2.14. The second kappa shape index (κ2) is 17.3. The standard InChI is InChI=1S/C39H35N.C13H13N/c1-6-8-9-13-29(4)30(5)26-33(12-7-2)34-22-25-39-37(27-34)36-14-10-11-15-38(36)40(39)35-23-20-32(21-24-35)31-18-16-28(3)17-19-31;1-10-2-4-11(5-3-10)12-6-8-13(14)9-7-12/h6-27H,2,4H2,1,3,5H3;2-9H,14H2,1H3/b8-6-,13-9-,30-26+,33-12+;. The van der Waals surface area contributed by atoms with E-state index in [2.05, 4.69) is 166 Å². The van der Waals surface area contributed by atoms with Crippen LogP contribution in [0, 0.1) is 13.8 Å². The molecule has 2 heteroatoms. The number of rotatable bonds is 9. The Balaban J connectivity index is 0.000000297. The van der Waals surface area contributed by atoms with Crippen molar-refractivity contribution in [2.45, 2.75) is 27.7 Å². The number of fused-ring (bicyclic) bond motifs is 3. The number of allylic oxidation sites excluding steroid dienone is 10. The summed E-state index contributed by atoms with van der Waals surface area (Å²) in [6, 6.07) is 49.4. The maximum atomic E-state index is 5.63. The van der Waals surface area contributed by atoms with E-state index in [0.717, 1.165) is 33.7 Å². The van der Waals surface area contributed by atoms with Gasteiger partial charge in [0.05, 0.1) is 11.0 Å². The van der Waals surface area contributed by atoms with Crippen LogP contribution in [-0.2, 0) is 0 Å². The summed E-state index contributed by atoms with van der Waals surface area (Å²) in [5, 5.41) is 2.46. The fourth-order valence-corrected chi connectivity index (χ4v) is 6.50. The van der Waals surface area contributed by atoms with Gasteiger partial charge >= 0.3 is 0 Å². The molecule has 54 heavy (non-hydrogen) atoms. The lowest BCUT2D eigenvalue weighted by Gasteiger charge is -2.10. The summed E-state index contributed by atoms with van der Waals surface area (Å²) in [5.41, 5.74) is 21.8. The highest BCUT2D eigenvalue weighted by molar-refractivity contribution is 6.10. The molecular weight excluding hydrogens is 653 g/mol. The van der Waals surface area contributed by atoms with E-state index in [-0.39, 0.29) is 0 Å². The van der Waals surface area contributed by atoms with E-state index >= 15 is 0 Å². The first-order chi connectivity index (χ1) is 26.2. The molecule has 0 unspecified atom stereocenters. The lowest BCUT2D eigenvalue weighted by Crippen LogP contribution is -1.94. The van der Waals surface area contributed by atoms with Gasteiger partial charge in [0.25, 0.3) is 0 Å². The van der Waals surface area contributed by atoms with Crippen molar-refractivity contribution in [3.05, 3.63) is 223 Å². The Hall–Kier alpha value is -6.64. The van der Waals surface area contributed by atoms with Gasteiger partial charge in [0.1, 0.15) is 0 Å². The third-order valence-corrected chi connectivity index (χ3v) is 9.59. The Morgan fingerprint density at radius 1 is 0.630 bits per heavy atom. The summed E-state index contributed by atoms with van der Waals surface area (Å²) in [7, 11) is 0. The van der Waals surface area contributed by atoms with Gasteiger partial charge in [-0.1, -0.05) is 164 Å². The van der Waals surface area contributed by atoms with E-state index in [4.69, 9.17) is 5.73 Å². The predicted molar refractivity (Wildman–Crippen MR) is 237 cm³/mol. The lowest BCUT2D eigenvalue weighted by molar-refractivity contribution is 1.18. The topological polar surface area (TPSA) is 30.9 Å². The Morgan fingerprint density at radius 2 is 1.17 bits per heavy atom. The summed E-state index contributed by atoms with van der Waals surface area (Å²) in [5.74, 6) is 0. The summed E-state index contributed by atoms with van der Waals surface area (Å²) < 4.78 is 2.36. The van der Waals surface area contributed by atoms with Crippen molar-refractivity contribution in [1.82, 2.24) is 4.57 Å². The van der Waals surface area contributed by atoms with Gasteiger partial charge in [-0.05, 0) is 115 Å². The molecule has 0 spiro atoms. The molecule has 2 nitrogen and oxygen atoms in total. The van der Waals surface area contributed by atoms with Crippen LogP contribution in [0.25, 0.3) is 55.3 Å². The van der Waals surface area contributed by atoms with Gasteiger partial charge in [-0.2, -0.15) is 0 Å². The van der Waals surface area contributed by atoms with Gasteiger partial charge in [0.2, 0.25) is 0 Å². The molecule has 6 aromatic carbocycles. The Labute approximate surface area is 320 Å². The van der Waals surface area contributed by atoms with Crippen LogP contribution in [0.2, 0.25) is 0 Å². The molecule has 0 amide bonds. The van der Waals surface area contributed by atoms with Crippen LogP contribution in [-0.4, -0.2) is 4.57 Å². The zero-order chi connectivity index (χ0) is 38.0. The third-order valence-electron chi connectivity index (χ3n) is 9.59. The van der Waals surface area contributed by atoms with Crippen LogP contribution in [0.1, 0.15) is 30.5 Å². The maximum absolute atomic E-state index is 5.63. The molecule has 0 saturated heterocycles. The highest BCUT2D eigenvalue weighted by Crippen LogP contribution is 2.35. The number of aryl methyl sites for hydroxylation is 2. The predicted octanol–water partition coefficient (Wildman–Crippen LogP) is 14.2. The minimum atomic E-state index is 0.806. The molecule has 0 atom stereocenters. The summed E-state index contributed by atoms with van der Waals surface area (Å²) in [6.07, 6.45) is 14.2. The Kier molecular flexibility index (Phi) is 11.9. The average molecular weight is 701 g/mol. The van der Waals surface area contributed by atoms with E-state index in [0.29, 0.717) is 0 Å².